The van der Waals surface area contributed by atoms with E-state index in [1.54, 1.807) is 12.5 Å². The highest BCUT2D eigenvalue weighted by molar-refractivity contribution is 7.83. The van der Waals surface area contributed by atoms with Crippen molar-refractivity contribution < 1.29 is 8.63 Å². The standard InChI is InChI=1S/C17H16N2O2S/c1-13-7-9-14(10-8-13)22(20)19-17(16-6-4-12-21-16)15-5-2-3-11-18-15/h2-12,17,19H,1H3/t17-,22?/m0/s1. The predicted molar refractivity (Wildman–Crippen MR) is 85.5 cm³/mol. The normalized spacial score (nSPS) is 13.7. The first-order valence-electron chi connectivity index (χ1n) is 6.93. The van der Waals surface area contributed by atoms with Gasteiger partial charge in [-0.15, -0.1) is 0 Å². The summed E-state index contributed by atoms with van der Waals surface area (Å²) in [4.78, 5) is 5.06. The molecule has 2 atom stereocenters. The van der Waals surface area contributed by atoms with Gasteiger partial charge in [0.05, 0.1) is 16.9 Å². The summed E-state index contributed by atoms with van der Waals surface area (Å²) in [7, 11) is -1.36. The third kappa shape index (κ3) is 3.32. The van der Waals surface area contributed by atoms with Gasteiger partial charge >= 0.3 is 0 Å². The van der Waals surface area contributed by atoms with Crippen LogP contribution in [0.4, 0.5) is 0 Å². The summed E-state index contributed by atoms with van der Waals surface area (Å²) in [5.74, 6) is 0.680. The lowest BCUT2D eigenvalue weighted by Gasteiger charge is -2.15. The summed E-state index contributed by atoms with van der Waals surface area (Å²) in [6, 6.07) is 16.5. The number of hydrogen-bond donors (Lipinski definition) is 1. The lowest BCUT2D eigenvalue weighted by atomic mass is 10.1. The zero-order valence-corrected chi connectivity index (χ0v) is 12.9. The summed E-state index contributed by atoms with van der Waals surface area (Å²) in [6.45, 7) is 2.00. The van der Waals surface area contributed by atoms with Gasteiger partial charge in [0.25, 0.3) is 0 Å². The Balaban J connectivity index is 1.87. The molecule has 0 aliphatic carbocycles. The SMILES string of the molecule is Cc1ccc(S(=O)N[C@@H](c2ccccn2)c2ccco2)cc1. The van der Waals surface area contributed by atoms with Gasteiger partial charge in [-0.2, -0.15) is 0 Å². The Hall–Kier alpha value is -2.24. The molecule has 3 rings (SSSR count). The lowest BCUT2D eigenvalue weighted by Crippen LogP contribution is -2.25. The Morgan fingerprint density at radius 3 is 2.55 bits per heavy atom. The zero-order chi connectivity index (χ0) is 15.4. The second-order valence-corrected chi connectivity index (χ2v) is 6.15. The van der Waals surface area contributed by atoms with Crippen molar-refractivity contribution in [3.8, 4) is 0 Å². The quantitative estimate of drug-likeness (QED) is 0.785. The van der Waals surface area contributed by atoms with Crippen LogP contribution in [0.1, 0.15) is 23.1 Å². The molecule has 0 aliphatic rings. The van der Waals surface area contributed by atoms with Crippen molar-refractivity contribution in [1.29, 1.82) is 0 Å². The van der Waals surface area contributed by atoms with E-state index < -0.39 is 11.0 Å². The van der Waals surface area contributed by atoms with Gasteiger partial charge < -0.3 is 4.42 Å². The zero-order valence-electron chi connectivity index (χ0n) is 12.1. The molecule has 1 aromatic carbocycles. The summed E-state index contributed by atoms with van der Waals surface area (Å²) in [6.07, 6.45) is 3.31. The highest BCUT2D eigenvalue weighted by atomic mass is 32.2. The Bertz CT molecular complexity index is 740. The molecule has 0 spiro atoms. The third-order valence-electron chi connectivity index (χ3n) is 3.27. The minimum Gasteiger partial charge on any atom is -0.467 e. The van der Waals surface area contributed by atoms with E-state index in [4.69, 9.17) is 4.42 Å². The molecule has 0 bridgehead atoms. The molecule has 1 unspecified atom stereocenters. The molecule has 0 saturated heterocycles. The molecule has 0 radical (unpaired) electrons. The summed E-state index contributed by atoms with van der Waals surface area (Å²) in [5.41, 5.74) is 1.89. The first kappa shape index (κ1) is 14.7. The minimum atomic E-state index is -1.36. The first-order chi connectivity index (χ1) is 10.7. The molecular weight excluding hydrogens is 296 g/mol. The number of benzene rings is 1. The van der Waals surface area contributed by atoms with Gasteiger partial charge in [-0.05, 0) is 43.3 Å². The average Bonchev–Trinajstić information content (AvgIpc) is 3.08. The fraction of sp³-hybridized carbons (Fsp3) is 0.118. The average molecular weight is 312 g/mol. The number of nitrogens with one attached hydrogen (secondary N) is 1. The maximum absolute atomic E-state index is 12.6. The van der Waals surface area contributed by atoms with Crippen LogP contribution in [0.15, 0.2) is 76.4 Å². The summed E-state index contributed by atoms with van der Waals surface area (Å²) in [5, 5.41) is 0. The van der Waals surface area contributed by atoms with E-state index in [0.717, 1.165) is 16.2 Å². The molecule has 112 valence electrons. The molecule has 0 saturated carbocycles. The minimum absolute atomic E-state index is 0.363. The van der Waals surface area contributed by atoms with E-state index in [0.29, 0.717) is 5.76 Å². The largest absolute Gasteiger partial charge is 0.467 e. The van der Waals surface area contributed by atoms with Crippen molar-refractivity contribution in [3.05, 3.63) is 84.1 Å². The number of pyridine rings is 1. The topological polar surface area (TPSA) is 55.1 Å². The van der Waals surface area contributed by atoms with Gasteiger partial charge in [-0.25, -0.2) is 8.93 Å². The van der Waals surface area contributed by atoms with Crippen LogP contribution in [0.2, 0.25) is 0 Å². The predicted octanol–water partition coefficient (Wildman–Crippen LogP) is 3.38. The fourth-order valence-corrected chi connectivity index (χ4v) is 3.07. The van der Waals surface area contributed by atoms with Gasteiger partial charge in [-0.1, -0.05) is 23.8 Å². The fourth-order valence-electron chi connectivity index (χ4n) is 2.10. The van der Waals surface area contributed by atoms with E-state index in [1.165, 1.54) is 0 Å². The van der Waals surface area contributed by atoms with Crippen molar-refractivity contribution in [3.63, 3.8) is 0 Å². The maximum atomic E-state index is 12.6. The van der Waals surface area contributed by atoms with E-state index in [2.05, 4.69) is 9.71 Å². The van der Waals surface area contributed by atoms with Crippen molar-refractivity contribution in [1.82, 2.24) is 9.71 Å². The number of aromatic nitrogens is 1. The molecule has 2 aromatic heterocycles. The Kier molecular flexibility index (Phi) is 4.46. The molecule has 0 fully saturated rings. The number of rotatable bonds is 5. The lowest BCUT2D eigenvalue weighted by molar-refractivity contribution is 0.474. The van der Waals surface area contributed by atoms with Gasteiger partial charge in [0.2, 0.25) is 0 Å². The van der Waals surface area contributed by atoms with Crippen LogP contribution in [0.3, 0.4) is 0 Å². The first-order valence-corrected chi connectivity index (χ1v) is 8.08. The van der Waals surface area contributed by atoms with Crippen LogP contribution in [0.5, 0.6) is 0 Å². The molecular formula is C17H16N2O2S. The molecule has 1 N–H and O–H groups in total. The molecule has 22 heavy (non-hydrogen) atoms. The molecule has 3 aromatic rings. The number of hydrogen-bond acceptors (Lipinski definition) is 3. The number of furan rings is 1. The van der Waals surface area contributed by atoms with Gasteiger partial charge in [0.1, 0.15) is 22.8 Å². The molecule has 0 aliphatic heterocycles. The van der Waals surface area contributed by atoms with Gasteiger partial charge in [-0.3, -0.25) is 4.98 Å². The second-order valence-electron chi connectivity index (χ2n) is 4.90. The van der Waals surface area contributed by atoms with Crippen molar-refractivity contribution >= 4 is 11.0 Å². The number of aryl methyl sites for hydroxylation is 1. The van der Waals surface area contributed by atoms with E-state index >= 15 is 0 Å². The van der Waals surface area contributed by atoms with Crippen LogP contribution in [0, 0.1) is 6.92 Å². The van der Waals surface area contributed by atoms with Crippen molar-refractivity contribution in [2.24, 2.45) is 0 Å². The molecule has 0 amide bonds. The Labute approximate surface area is 131 Å². The highest BCUT2D eigenvalue weighted by Gasteiger charge is 2.20. The summed E-state index contributed by atoms with van der Waals surface area (Å²) >= 11 is 0. The van der Waals surface area contributed by atoms with E-state index in [-0.39, 0.29) is 6.04 Å². The van der Waals surface area contributed by atoms with Crippen LogP contribution in [-0.4, -0.2) is 9.19 Å². The monoisotopic (exact) mass is 312 g/mol. The summed E-state index contributed by atoms with van der Waals surface area (Å²) < 4.78 is 21.1. The molecule has 4 nitrogen and oxygen atoms in total. The van der Waals surface area contributed by atoms with E-state index in [9.17, 15) is 4.21 Å². The second kappa shape index (κ2) is 6.68. The van der Waals surface area contributed by atoms with Gasteiger partial charge in [0.15, 0.2) is 0 Å². The highest BCUT2D eigenvalue weighted by Crippen LogP contribution is 2.22. The van der Waals surface area contributed by atoms with Crippen LogP contribution >= 0.6 is 0 Å². The Morgan fingerprint density at radius 1 is 1.09 bits per heavy atom. The molecule has 5 heteroatoms. The molecule has 2 heterocycles. The maximum Gasteiger partial charge on any atom is 0.127 e. The van der Waals surface area contributed by atoms with Crippen LogP contribution in [-0.2, 0) is 11.0 Å². The van der Waals surface area contributed by atoms with Crippen molar-refractivity contribution in [2.45, 2.75) is 17.9 Å². The Morgan fingerprint density at radius 2 is 1.91 bits per heavy atom. The third-order valence-corrected chi connectivity index (χ3v) is 4.42. The van der Waals surface area contributed by atoms with Gasteiger partial charge in [0, 0.05) is 6.20 Å². The van der Waals surface area contributed by atoms with Crippen LogP contribution in [0.25, 0.3) is 0 Å². The smallest absolute Gasteiger partial charge is 0.127 e. The van der Waals surface area contributed by atoms with Crippen molar-refractivity contribution in [2.75, 3.05) is 0 Å². The van der Waals surface area contributed by atoms with Crippen LogP contribution < -0.4 is 4.72 Å². The number of nitrogens with zero attached hydrogens (tertiary/aromatic N) is 1. The van der Waals surface area contributed by atoms with E-state index in [1.807, 2.05) is 61.5 Å².